The second kappa shape index (κ2) is 4.33. The average Bonchev–Trinajstić information content (AvgIpc) is 1.84. The number of hydrogen-bond acceptors (Lipinski definition) is 1. The minimum atomic E-state index is 0.333. The fourth-order valence-electron chi connectivity index (χ4n) is 0.480. The maximum Gasteiger partial charge on any atom is 0.0668 e. The van der Waals surface area contributed by atoms with E-state index >= 15 is 0 Å². The Balaban J connectivity index is 3.29. The molecule has 0 aliphatic carbocycles. The van der Waals surface area contributed by atoms with Gasteiger partial charge in [-0.1, -0.05) is 22.9 Å². The van der Waals surface area contributed by atoms with Crippen LogP contribution in [-0.2, 0) is 4.74 Å². The molecule has 50 valence electrons. The lowest BCUT2D eigenvalue weighted by molar-refractivity contribution is 0.117. The molecule has 0 saturated carbocycles. The van der Waals surface area contributed by atoms with Gasteiger partial charge >= 0.3 is 0 Å². The maximum atomic E-state index is 5.06. The summed E-state index contributed by atoms with van der Waals surface area (Å²) in [6.07, 6.45) is 1.45. The molecule has 2 heteroatoms. The van der Waals surface area contributed by atoms with E-state index in [9.17, 15) is 0 Å². The smallest absolute Gasteiger partial charge is 0.0668 e. The molecule has 0 N–H and O–H groups in total. The third-order valence-corrected chi connectivity index (χ3v) is 2.66. The highest BCUT2D eigenvalue weighted by Crippen LogP contribution is 2.11. The highest BCUT2D eigenvalue weighted by Gasteiger charge is 2.08. The summed E-state index contributed by atoms with van der Waals surface area (Å²) in [7, 11) is 1.73. The second-order valence-corrected chi connectivity index (χ2v) is 3.04. The summed E-state index contributed by atoms with van der Waals surface area (Å²) < 4.78 is 5.06. The van der Waals surface area contributed by atoms with Gasteiger partial charge in [-0.15, -0.1) is 0 Å². The van der Waals surface area contributed by atoms with Gasteiger partial charge in [0, 0.05) is 11.9 Å². The predicted molar refractivity (Wildman–Crippen MR) is 39.5 cm³/mol. The lowest BCUT2D eigenvalue weighted by Crippen LogP contribution is -2.17. The van der Waals surface area contributed by atoms with E-state index in [1.54, 1.807) is 7.11 Å². The molecular weight excluding hydrogens is 168 g/mol. The van der Waals surface area contributed by atoms with Crippen LogP contribution in [0.2, 0.25) is 0 Å². The van der Waals surface area contributed by atoms with Crippen molar-refractivity contribution in [3.63, 3.8) is 0 Å². The van der Waals surface area contributed by atoms with Gasteiger partial charge in [-0.25, -0.2) is 0 Å². The van der Waals surface area contributed by atoms with Crippen molar-refractivity contribution >= 4 is 15.9 Å². The third kappa shape index (κ3) is 2.68. The predicted octanol–water partition coefficient (Wildman–Crippen LogP) is 2.19. The van der Waals surface area contributed by atoms with Crippen LogP contribution in [0.4, 0.5) is 0 Å². The Morgan fingerprint density at radius 1 is 1.62 bits per heavy atom. The topological polar surface area (TPSA) is 9.23 Å². The van der Waals surface area contributed by atoms with Crippen molar-refractivity contribution in [1.29, 1.82) is 0 Å². The molecule has 1 nitrogen and oxygen atoms in total. The lowest BCUT2D eigenvalue weighted by atomic mass is 10.2. The van der Waals surface area contributed by atoms with E-state index in [0.717, 1.165) is 6.42 Å². The molecule has 0 rings (SSSR count). The lowest BCUT2D eigenvalue weighted by Gasteiger charge is -2.13. The molecule has 0 unspecified atom stereocenters. The molecule has 0 spiro atoms. The summed E-state index contributed by atoms with van der Waals surface area (Å²) in [6.45, 7) is 4.19. The quantitative estimate of drug-likeness (QED) is 0.606. The van der Waals surface area contributed by atoms with Crippen molar-refractivity contribution in [3.8, 4) is 0 Å². The van der Waals surface area contributed by atoms with Crippen LogP contribution in [0.25, 0.3) is 0 Å². The van der Waals surface area contributed by atoms with Crippen LogP contribution in [0.3, 0.4) is 0 Å². The molecule has 0 aromatic rings. The summed E-state index contributed by atoms with van der Waals surface area (Å²) in [5.74, 6) is 0. The summed E-state index contributed by atoms with van der Waals surface area (Å²) in [6, 6.07) is 0. The molecule has 0 aliphatic rings. The molecule has 0 bridgehead atoms. The number of alkyl halides is 1. The van der Waals surface area contributed by atoms with E-state index in [4.69, 9.17) is 4.74 Å². The number of rotatable bonds is 3. The van der Waals surface area contributed by atoms with Crippen molar-refractivity contribution < 1.29 is 4.74 Å². The Bertz CT molecular complexity index is 48.5. The number of methoxy groups -OCH3 is 1. The van der Waals surface area contributed by atoms with Crippen LogP contribution in [0, 0.1) is 0 Å². The first kappa shape index (κ1) is 8.44. The van der Waals surface area contributed by atoms with Crippen LogP contribution in [0.5, 0.6) is 0 Å². The molecule has 0 amide bonds. The van der Waals surface area contributed by atoms with Crippen LogP contribution < -0.4 is 0 Å². The SMILES string of the molecule is CC[C@@H](Br)[C@H](C)OC. The van der Waals surface area contributed by atoms with Crippen molar-refractivity contribution in [2.24, 2.45) is 0 Å². The standard InChI is InChI=1S/C6H13BrO/c1-4-6(7)5(2)8-3/h5-6H,4H2,1-3H3/t5-,6+/m0/s1. The van der Waals surface area contributed by atoms with Crippen molar-refractivity contribution in [3.05, 3.63) is 0 Å². The Morgan fingerprint density at radius 3 is 2.25 bits per heavy atom. The molecule has 0 saturated heterocycles. The van der Waals surface area contributed by atoms with E-state index in [1.807, 2.05) is 0 Å². The molecule has 2 atom stereocenters. The zero-order valence-corrected chi connectivity index (χ0v) is 7.23. The highest BCUT2D eigenvalue weighted by molar-refractivity contribution is 9.09. The molecule has 0 aromatic carbocycles. The fraction of sp³-hybridized carbons (Fsp3) is 1.00. The Labute approximate surface area is 59.5 Å². The summed E-state index contributed by atoms with van der Waals surface area (Å²) in [5, 5.41) is 0. The van der Waals surface area contributed by atoms with Crippen LogP contribution in [0.15, 0.2) is 0 Å². The zero-order chi connectivity index (χ0) is 6.57. The number of halogens is 1. The monoisotopic (exact) mass is 180 g/mol. The van der Waals surface area contributed by atoms with E-state index < -0.39 is 0 Å². The largest absolute Gasteiger partial charge is 0.381 e. The van der Waals surface area contributed by atoms with Gasteiger partial charge in [0.15, 0.2) is 0 Å². The summed E-state index contributed by atoms with van der Waals surface area (Å²) >= 11 is 3.48. The Morgan fingerprint density at radius 2 is 2.12 bits per heavy atom. The van der Waals surface area contributed by atoms with Crippen molar-refractivity contribution in [1.82, 2.24) is 0 Å². The summed E-state index contributed by atoms with van der Waals surface area (Å²) in [4.78, 5) is 0.507. The van der Waals surface area contributed by atoms with Gasteiger partial charge in [0.2, 0.25) is 0 Å². The second-order valence-electron chi connectivity index (χ2n) is 1.87. The molecule has 0 heterocycles. The first-order chi connectivity index (χ1) is 3.72. The van der Waals surface area contributed by atoms with Gasteiger partial charge < -0.3 is 4.74 Å². The van der Waals surface area contributed by atoms with Gasteiger partial charge in [-0.05, 0) is 13.3 Å². The minimum Gasteiger partial charge on any atom is -0.381 e. The maximum absolute atomic E-state index is 5.06. The Hall–Kier alpha value is 0.440. The van der Waals surface area contributed by atoms with Crippen LogP contribution >= 0.6 is 15.9 Å². The van der Waals surface area contributed by atoms with Gasteiger partial charge in [-0.3, -0.25) is 0 Å². The van der Waals surface area contributed by atoms with Crippen LogP contribution in [-0.4, -0.2) is 18.0 Å². The number of hydrogen-bond donors (Lipinski definition) is 0. The molecule has 0 fully saturated rings. The fourth-order valence-corrected chi connectivity index (χ4v) is 0.695. The van der Waals surface area contributed by atoms with E-state index in [2.05, 4.69) is 29.8 Å². The first-order valence-electron chi connectivity index (χ1n) is 2.89. The molecule has 0 aliphatic heterocycles. The molecule has 8 heavy (non-hydrogen) atoms. The van der Waals surface area contributed by atoms with Crippen molar-refractivity contribution in [2.45, 2.75) is 31.2 Å². The van der Waals surface area contributed by atoms with Gasteiger partial charge in [0.1, 0.15) is 0 Å². The van der Waals surface area contributed by atoms with Crippen LogP contribution in [0.1, 0.15) is 20.3 Å². The third-order valence-electron chi connectivity index (χ3n) is 1.27. The molecule has 0 radical (unpaired) electrons. The normalized spacial score (nSPS) is 18.0. The Kier molecular flexibility index (Phi) is 4.57. The molecular formula is C6H13BrO. The average molecular weight is 181 g/mol. The van der Waals surface area contributed by atoms with Gasteiger partial charge in [0.05, 0.1) is 6.10 Å². The highest BCUT2D eigenvalue weighted by atomic mass is 79.9. The molecule has 0 aromatic heterocycles. The van der Waals surface area contributed by atoms with E-state index in [0.29, 0.717) is 10.9 Å². The van der Waals surface area contributed by atoms with Crippen molar-refractivity contribution in [2.75, 3.05) is 7.11 Å². The number of ether oxygens (including phenoxy) is 1. The zero-order valence-electron chi connectivity index (χ0n) is 5.65. The van der Waals surface area contributed by atoms with Gasteiger partial charge in [-0.2, -0.15) is 0 Å². The van der Waals surface area contributed by atoms with E-state index in [1.165, 1.54) is 0 Å². The first-order valence-corrected chi connectivity index (χ1v) is 3.80. The summed E-state index contributed by atoms with van der Waals surface area (Å²) in [5.41, 5.74) is 0. The van der Waals surface area contributed by atoms with E-state index in [-0.39, 0.29) is 0 Å². The minimum absolute atomic E-state index is 0.333. The van der Waals surface area contributed by atoms with Gasteiger partial charge in [0.25, 0.3) is 0 Å².